The standard InChI is InChI=1S/C21H23NO6/c1-12-7-13-9-15(23)5-6-16(13)17(8-12)22-28-21(24)14-10-18(25-2)20(27-4)19(11-14)26-3/h5-6,9-12,23H,7-8H2,1-4H3/b22-17+. The molecule has 0 saturated carbocycles. The van der Waals surface area contributed by atoms with Gasteiger partial charge < -0.3 is 24.2 Å². The Hall–Kier alpha value is -3.22. The molecule has 0 spiro atoms. The van der Waals surface area contributed by atoms with Crippen molar-refractivity contribution in [1.82, 2.24) is 0 Å². The van der Waals surface area contributed by atoms with E-state index < -0.39 is 5.97 Å². The molecule has 0 heterocycles. The van der Waals surface area contributed by atoms with Crippen molar-refractivity contribution in [3.05, 3.63) is 47.0 Å². The number of rotatable bonds is 5. The molecule has 1 aliphatic rings. The van der Waals surface area contributed by atoms with E-state index in [1.54, 1.807) is 18.2 Å². The van der Waals surface area contributed by atoms with E-state index in [0.29, 0.717) is 35.3 Å². The van der Waals surface area contributed by atoms with Crippen LogP contribution in [0.4, 0.5) is 0 Å². The van der Waals surface area contributed by atoms with E-state index in [1.807, 2.05) is 0 Å². The van der Waals surface area contributed by atoms with Gasteiger partial charge in [0.05, 0.1) is 32.6 Å². The van der Waals surface area contributed by atoms with Gasteiger partial charge in [0.15, 0.2) is 11.5 Å². The average Bonchev–Trinajstić information content (AvgIpc) is 2.69. The lowest BCUT2D eigenvalue weighted by molar-refractivity contribution is 0.0514. The van der Waals surface area contributed by atoms with Gasteiger partial charge >= 0.3 is 5.97 Å². The summed E-state index contributed by atoms with van der Waals surface area (Å²) in [6, 6.07) is 8.15. The highest BCUT2D eigenvalue weighted by Gasteiger charge is 2.23. The van der Waals surface area contributed by atoms with E-state index >= 15 is 0 Å². The fourth-order valence-electron chi connectivity index (χ4n) is 3.35. The van der Waals surface area contributed by atoms with Gasteiger partial charge in [-0.05, 0) is 54.7 Å². The molecule has 0 bridgehead atoms. The summed E-state index contributed by atoms with van der Waals surface area (Å²) < 4.78 is 15.8. The maximum absolute atomic E-state index is 12.5. The van der Waals surface area contributed by atoms with Gasteiger partial charge in [-0.2, -0.15) is 0 Å². The first-order valence-corrected chi connectivity index (χ1v) is 8.87. The minimum Gasteiger partial charge on any atom is -0.508 e. The molecule has 0 aromatic heterocycles. The summed E-state index contributed by atoms with van der Waals surface area (Å²) in [5.74, 6) is 1.00. The molecule has 0 radical (unpaired) electrons. The maximum atomic E-state index is 12.5. The molecule has 3 rings (SSSR count). The summed E-state index contributed by atoms with van der Waals surface area (Å²) in [4.78, 5) is 17.8. The number of phenolic OH excluding ortho intramolecular Hbond substituents is 1. The molecule has 148 valence electrons. The molecule has 7 heteroatoms. The molecule has 2 aromatic carbocycles. The van der Waals surface area contributed by atoms with Crippen LogP contribution in [0, 0.1) is 5.92 Å². The Labute approximate surface area is 163 Å². The van der Waals surface area contributed by atoms with Gasteiger partial charge in [0.1, 0.15) is 5.75 Å². The van der Waals surface area contributed by atoms with E-state index in [4.69, 9.17) is 19.0 Å². The number of methoxy groups -OCH3 is 3. The van der Waals surface area contributed by atoms with Gasteiger partial charge in [-0.25, -0.2) is 4.79 Å². The molecular formula is C21H23NO6. The molecule has 2 aromatic rings. The number of fused-ring (bicyclic) bond motifs is 1. The monoisotopic (exact) mass is 385 g/mol. The third kappa shape index (κ3) is 3.88. The zero-order valence-corrected chi connectivity index (χ0v) is 16.3. The minimum atomic E-state index is -0.634. The lowest BCUT2D eigenvalue weighted by Crippen LogP contribution is -2.19. The van der Waals surface area contributed by atoms with Crippen LogP contribution in [-0.2, 0) is 11.3 Å². The van der Waals surface area contributed by atoms with Crippen LogP contribution in [-0.4, -0.2) is 38.1 Å². The molecule has 0 saturated heterocycles. The lowest BCUT2D eigenvalue weighted by atomic mass is 9.83. The zero-order valence-electron chi connectivity index (χ0n) is 16.3. The second kappa shape index (κ2) is 8.21. The number of hydrogen-bond acceptors (Lipinski definition) is 7. The highest BCUT2D eigenvalue weighted by atomic mass is 16.7. The number of carbonyl (C=O) groups excluding carboxylic acids is 1. The Balaban J connectivity index is 1.88. The van der Waals surface area contributed by atoms with Gasteiger partial charge in [0.2, 0.25) is 5.75 Å². The van der Waals surface area contributed by atoms with Crippen LogP contribution in [0.5, 0.6) is 23.0 Å². The molecule has 1 aliphatic carbocycles. The Morgan fingerprint density at radius 2 is 1.71 bits per heavy atom. The zero-order chi connectivity index (χ0) is 20.3. The van der Waals surface area contributed by atoms with Gasteiger partial charge in [-0.3, -0.25) is 0 Å². The van der Waals surface area contributed by atoms with Crippen molar-refractivity contribution in [2.45, 2.75) is 19.8 Å². The molecule has 1 N–H and O–H groups in total. The number of phenols is 1. The van der Waals surface area contributed by atoms with Gasteiger partial charge in [0.25, 0.3) is 0 Å². The fourth-order valence-corrected chi connectivity index (χ4v) is 3.35. The van der Waals surface area contributed by atoms with Crippen LogP contribution in [0.3, 0.4) is 0 Å². The molecule has 0 aliphatic heterocycles. The Bertz CT molecular complexity index is 896. The Morgan fingerprint density at radius 3 is 2.32 bits per heavy atom. The van der Waals surface area contributed by atoms with Crippen LogP contribution in [0.1, 0.15) is 34.8 Å². The topological polar surface area (TPSA) is 86.6 Å². The number of benzene rings is 2. The predicted molar refractivity (Wildman–Crippen MR) is 104 cm³/mol. The van der Waals surface area contributed by atoms with Gasteiger partial charge in [0, 0.05) is 5.56 Å². The predicted octanol–water partition coefficient (Wildman–Crippen LogP) is 3.56. The summed E-state index contributed by atoms with van der Waals surface area (Å²) in [7, 11) is 4.44. The number of aromatic hydroxyl groups is 1. The Morgan fingerprint density at radius 1 is 1.04 bits per heavy atom. The molecule has 0 fully saturated rings. The number of nitrogens with zero attached hydrogens (tertiary/aromatic N) is 1. The number of carbonyl (C=O) groups is 1. The second-order valence-electron chi connectivity index (χ2n) is 6.69. The highest BCUT2D eigenvalue weighted by Crippen LogP contribution is 2.38. The second-order valence-corrected chi connectivity index (χ2v) is 6.69. The van der Waals surface area contributed by atoms with Crippen LogP contribution in [0.15, 0.2) is 35.5 Å². The summed E-state index contributed by atoms with van der Waals surface area (Å²) >= 11 is 0. The smallest absolute Gasteiger partial charge is 0.366 e. The number of oxime groups is 1. The van der Waals surface area contributed by atoms with Crippen LogP contribution < -0.4 is 14.2 Å². The summed E-state index contributed by atoms with van der Waals surface area (Å²) in [6.45, 7) is 2.09. The molecular weight excluding hydrogens is 362 g/mol. The largest absolute Gasteiger partial charge is 0.508 e. The van der Waals surface area contributed by atoms with E-state index in [2.05, 4.69) is 12.1 Å². The molecule has 7 nitrogen and oxygen atoms in total. The number of ether oxygens (including phenoxy) is 3. The van der Waals surface area contributed by atoms with Crippen molar-refractivity contribution in [1.29, 1.82) is 0 Å². The van der Waals surface area contributed by atoms with Crippen molar-refractivity contribution in [2.24, 2.45) is 11.1 Å². The quantitative estimate of drug-likeness (QED) is 0.626. The summed E-state index contributed by atoms with van der Waals surface area (Å²) in [5.41, 5.74) is 2.78. The SMILES string of the molecule is COc1cc(C(=O)O/N=C2\CC(C)Cc3cc(O)ccc32)cc(OC)c1OC. The van der Waals surface area contributed by atoms with Crippen molar-refractivity contribution < 1.29 is 28.9 Å². The van der Waals surface area contributed by atoms with E-state index in [0.717, 1.165) is 17.5 Å². The normalized spacial score (nSPS) is 17.0. The maximum Gasteiger partial charge on any atom is 0.366 e. The van der Waals surface area contributed by atoms with Gasteiger partial charge in [-0.1, -0.05) is 12.1 Å². The third-order valence-electron chi connectivity index (χ3n) is 4.65. The first-order chi connectivity index (χ1) is 13.5. The molecule has 28 heavy (non-hydrogen) atoms. The van der Waals surface area contributed by atoms with E-state index in [-0.39, 0.29) is 11.3 Å². The van der Waals surface area contributed by atoms with Crippen molar-refractivity contribution in [3.63, 3.8) is 0 Å². The average molecular weight is 385 g/mol. The third-order valence-corrected chi connectivity index (χ3v) is 4.65. The summed E-state index contributed by atoms with van der Waals surface area (Å²) in [5, 5.41) is 13.8. The summed E-state index contributed by atoms with van der Waals surface area (Å²) in [6.07, 6.45) is 1.52. The first-order valence-electron chi connectivity index (χ1n) is 8.87. The fraction of sp³-hybridized carbons (Fsp3) is 0.333. The molecule has 1 unspecified atom stereocenters. The highest BCUT2D eigenvalue weighted by molar-refractivity contribution is 6.03. The van der Waals surface area contributed by atoms with Crippen LogP contribution in [0.25, 0.3) is 0 Å². The minimum absolute atomic E-state index is 0.210. The van der Waals surface area contributed by atoms with Crippen LogP contribution >= 0.6 is 0 Å². The number of hydrogen-bond donors (Lipinski definition) is 1. The molecule has 0 amide bonds. The first kappa shape index (κ1) is 19.5. The molecule has 1 atom stereocenters. The Kier molecular flexibility index (Phi) is 5.73. The van der Waals surface area contributed by atoms with E-state index in [1.165, 1.54) is 33.5 Å². The lowest BCUT2D eigenvalue weighted by Gasteiger charge is -2.22. The van der Waals surface area contributed by atoms with Crippen molar-refractivity contribution in [3.8, 4) is 23.0 Å². The van der Waals surface area contributed by atoms with E-state index in [9.17, 15) is 9.90 Å². The van der Waals surface area contributed by atoms with Crippen LogP contribution in [0.2, 0.25) is 0 Å². The van der Waals surface area contributed by atoms with Crippen molar-refractivity contribution >= 4 is 11.7 Å². The van der Waals surface area contributed by atoms with Gasteiger partial charge in [-0.15, -0.1) is 0 Å². The van der Waals surface area contributed by atoms with Crippen molar-refractivity contribution in [2.75, 3.05) is 21.3 Å².